The summed E-state index contributed by atoms with van der Waals surface area (Å²) in [6.45, 7) is 1.36. The standard InChI is InChI=1S/C13H9FIN3O3/c1-7-4-9(18(20)21)5-10(12(7)14)13(19)17-11-3-2-8(15)6-16-11/h2-6H,1H3,(H,16,17,19). The summed E-state index contributed by atoms with van der Waals surface area (Å²) in [5, 5.41) is 13.2. The van der Waals surface area contributed by atoms with Crippen LogP contribution in [0.25, 0.3) is 0 Å². The SMILES string of the molecule is Cc1cc([N+](=O)[O-])cc(C(=O)Nc2ccc(I)cn2)c1F. The molecule has 0 atom stereocenters. The number of non-ortho nitro benzene ring substituents is 1. The molecule has 0 bridgehead atoms. The third kappa shape index (κ3) is 3.51. The molecule has 0 aliphatic rings. The highest BCUT2D eigenvalue weighted by molar-refractivity contribution is 14.1. The Balaban J connectivity index is 2.34. The zero-order valence-electron chi connectivity index (χ0n) is 10.8. The van der Waals surface area contributed by atoms with E-state index in [1.54, 1.807) is 12.1 Å². The number of pyridine rings is 1. The Labute approximate surface area is 132 Å². The number of carbonyl (C=O) groups is 1. The molecule has 0 unspecified atom stereocenters. The quantitative estimate of drug-likeness (QED) is 0.486. The van der Waals surface area contributed by atoms with Gasteiger partial charge in [-0.3, -0.25) is 14.9 Å². The fraction of sp³-hybridized carbons (Fsp3) is 0.0769. The van der Waals surface area contributed by atoms with E-state index in [4.69, 9.17) is 0 Å². The monoisotopic (exact) mass is 401 g/mol. The van der Waals surface area contributed by atoms with Crippen LogP contribution in [0.5, 0.6) is 0 Å². The van der Waals surface area contributed by atoms with Crippen molar-refractivity contribution in [3.63, 3.8) is 0 Å². The van der Waals surface area contributed by atoms with Gasteiger partial charge in [0.05, 0.1) is 10.5 Å². The first-order valence-electron chi connectivity index (χ1n) is 5.76. The largest absolute Gasteiger partial charge is 0.306 e. The first-order chi connectivity index (χ1) is 9.88. The fourth-order valence-corrected chi connectivity index (χ4v) is 1.97. The number of rotatable bonds is 3. The van der Waals surface area contributed by atoms with Crippen LogP contribution < -0.4 is 5.32 Å². The van der Waals surface area contributed by atoms with E-state index in [1.807, 2.05) is 0 Å². The summed E-state index contributed by atoms with van der Waals surface area (Å²) in [5.41, 5.74) is -0.693. The van der Waals surface area contributed by atoms with Gasteiger partial charge in [-0.05, 0) is 47.2 Å². The predicted molar refractivity (Wildman–Crippen MR) is 82.7 cm³/mol. The average Bonchev–Trinajstić information content (AvgIpc) is 2.43. The van der Waals surface area contributed by atoms with Gasteiger partial charge in [-0.25, -0.2) is 9.37 Å². The van der Waals surface area contributed by atoms with Crippen molar-refractivity contribution in [2.45, 2.75) is 6.92 Å². The van der Waals surface area contributed by atoms with E-state index >= 15 is 0 Å². The number of nitrogens with one attached hydrogen (secondary N) is 1. The van der Waals surface area contributed by atoms with Crippen LogP contribution in [0.4, 0.5) is 15.9 Å². The summed E-state index contributed by atoms with van der Waals surface area (Å²) in [5.74, 6) is -1.33. The molecular formula is C13H9FIN3O3. The van der Waals surface area contributed by atoms with Gasteiger partial charge in [0, 0.05) is 21.9 Å². The second-order valence-electron chi connectivity index (χ2n) is 4.20. The maximum absolute atomic E-state index is 14.0. The molecule has 1 heterocycles. The number of aryl methyl sites for hydroxylation is 1. The van der Waals surface area contributed by atoms with Gasteiger partial charge in [0.2, 0.25) is 0 Å². The molecule has 1 aromatic heterocycles. The van der Waals surface area contributed by atoms with E-state index in [0.29, 0.717) is 0 Å². The van der Waals surface area contributed by atoms with Crippen LogP contribution in [0.1, 0.15) is 15.9 Å². The molecule has 0 fully saturated rings. The fourth-order valence-electron chi connectivity index (χ4n) is 1.65. The molecule has 1 N–H and O–H groups in total. The minimum atomic E-state index is -0.788. The number of nitro groups is 1. The van der Waals surface area contributed by atoms with Gasteiger partial charge in [0.15, 0.2) is 0 Å². The number of nitrogens with zero attached hydrogens (tertiary/aromatic N) is 2. The molecule has 0 aliphatic heterocycles. The van der Waals surface area contributed by atoms with Gasteiger partial charge in [-0.2, -0.15) is 0 Å². The van der Waals surface area contributed by atoms with Gasteiger partial charge in [0.25, 0.3) is 11.6 Å². The van der Waals surface area contributed by atoms with Crippen molar-refractivity contribution >= 4 is 40.0 Å². The average molecular weight is 401 g/mol. The van der Waals surface area contributed by atoms with Gasteiger partial charge in [-0.1, -0.05) is 0 Å². The molecule has 0 radical (unpaired) electrons. The van der Waals surface area contributed by atoms with Crippen molar-refractivity contribution in [3.8, 4) is 0 Å². The minimum Gasteiger partial charge on any atom is -0.306 e. The Morgan fingerprint density at radius 2 is 2.14 bits per heavy atom. The molecule has 8 heteroatoms. The lowest BCUT2D eigenvalue weighted by Gasteiger charge is -2.07. The van der Waals surface area contributed by atoms with E-state index in [0.717, 1.165) is 15.7 Å². The van der Waals surface area contributed by atoms with E-state index in [-0.39, 0.29) is 22.6 Å². The number of halogens is 2. The lowest BCUT2D eigenvalue weighted by atomic mass is 10.1. The van der Waals surface area contributed by atoms with Gasteiger partial charge in [0.1, 0.15) is 11.6 Å². The van der Waals surface area contributed by atoms with E-state index < -0.39 is 16.6 Å². The van der Waals surface area contributed by atoms with Crippen molar-refractivity contribution in [1.29, 1.82) is 0 Å². The number of nitro benzene ring substituents is 1. The van der Waals surface area contributed by atoms with Crippen LogP contribution in [0.2, 0.25) is 0 Å². The Bertz CT molecular complexity index is 719. The van der Waals surface area contributed by atoms with E-state index in [2.05, 4.69) is 32.9 Å². The number of carbonyl (C=O) groups excluding carboxylic acids is 1. The smallest absolute Gasteiger partial charge is 0.270 e. The Morgan fingerprint density at radius 1 is 1.43 bits per heavy atom. The highest BCUT2D eigenvalue weighted by atomic mass is 127. The molecular weight excluding hydrogens is 392 g/mol. The van der Waals surface area contributed by atoms with Crippen molar-refractivity contribution in [3.05, 3.63) is 61.1 Å². The number of hydrogen-bond donors (Lipinski definition) is 1. The van der Waals surface area contributed by atoms with E-state index in [1.165, 1.54) is 13.1 Å². The summed E-state index contributed by atoms with van der Waals surface area (Å²) in [6.07, 6.45) is 1.53. The predicted octanol–water partition coefficient (Wildman–Crippen LogP) is 3.29. The highest BCUT2D eigenvalue weighted by Gasteiger charge is 2.20. The molecule has 0 aliphatic carbocycles. The number of anilines is 1. The molecule has 2 aromatic rings. The third-order valence-corrected chi connectivity index (χ3v) is 3.30. The van der Waals surface area contributed by atoms with Crippen molar-refractivity contribution in [2.75, 3.05) is 5.32 Å². The maximum Gasteiger partial charge on any atom is 0.270 e. The molecule has 6 nitrogen and oxygen atoms in total. The topological polar surface area (TPSA) is 85.1 Å². The molecule has 108 valence electrons. The van der Waals surface area contributed by atoms with Crippen LogP contribution in [0.15, 0.2) is 30.5 Å². The highest BCUT2D eigenvalue weighted by Crippen LogP contribution is 2.22. The van der Waals surface area contributed by atoms with Gasteiger partial charge in [-0.15, -0.1) is 0 Å². The van der Waals surface area contributed by atoms with Crippen LogP contribution in [-0.2, 0) is 0 Å². The summed E-state index contributed by atoms with van der Waals surface area (Å²) in [7, 11) is 0. The summed E-state index contributed by atoms with van der Waals surface area (Å²) < 4.78 is 14.8. The summed E-state index contributed by atoms with van der Waals surface area (Å²) in [4.78, 5) is 26.1. The number of benzene rings is 1. The van der Waals surface area contributed by atoms with Crippen molar-refractivity contribution < 1.29 is 14.1 Å². The Morgan fingerprint density at radius 3 is 2.71 bits per heavy atom. The van der Waals surface area contributed by atoms with Crippen molar-refractivity contribution in [2.24, 2.45) is 0 Å². The lowest BCUT2D eigenvalue weighted by molar-refractivity contribution is -0.385. The van der Waals surface area contributed by atoms with Gasteiger partial charge >= 0.3 is 0 Å². The number of hydrogen-bond acceptors (Lipinski definition) is 4. The zero-order chi connectivity index (χ0) is 15.6. The molecule has 2 rings (SSSR count). The Kier molecular flexibility index (Phi) is 4.46. The number of aromatic nitrogens is 1. The van der Waals surface area contributed by atoms with Crippen LogP contribution in [-0.4, -0.2) is 15.8 Å². The summed E-state index contributed by atoms with van der Waals surface area (Å²) in [6, 6.07) is 5.26. The molecule has 1 aromatic carbocycles. The Hall–Kier alpha value is -2.10. The zero-order valence-corrected chi connectivity index (χ0v) is 12.9. The first kappa shape index (κ1) is 15.3. The van der Waals surface area contributed by atoms with Gasteiger partial charge < -0.3 is 5.32 Å². The maximum atomic E-state index is 14.0. The van der Waals surface area contributed by atoms with Crippen LogP contribution >= 0.6 is 22.6 Å². The van der Waals surface area contributed by atoms with Crippen LogP contribution in [0.3, 0.4) is 0 Å². The number of amides is 1. The molecule has 0 saturated carbocycles. The second kappa shape index (κ2) is 6.12. The normalized spacial score (nSPS) is 10.2. The second-order valence-corrected chi connectivity index (χ2v) is 5.44. The molecule has 21 heavy (non-hydrogen) atoms. The molecule has 1 amide bonds. The molecule has 0 spiro atoms. The lowest BCUT2D eigenvalue weighted by Crippen LogP contribution is -2.15. The summed E-state index contributed by atoms with van der Waals surface area (Å²) >= 11 is 2.05. The first-order valence-corrected chi connectivity index (χ1v) is 6.84. The van der Waals surface area contributed by atoms with Crippen LogP contribution in [0, 0.1) is 26.4 Å². The molecule has 0 saturated heterocycles. The minimum absolute atomic E-state index is 0.0323. The third-order valence-electron chi connectivity index (χ3n) is 2.66. The van der Waals surface area contributed by atoms with Crippen molar-refractivity contribution in [1.82, 2.24) is 4.98 Å². The van der Waals surface area contributed by atoms with E-state index in [9.17, 15) is 19.3 Å².